The third kappa shape index (κ3) is 3.73. The Hall–Kier alpha value is -2.06. The molecule has 0 aliphatic rings. The van der Waals surface area contributed by atoms with Gasteiger partial charge in [-0.05, 0) is 30.4 Å². The second kappa shape index (κ2) is 6.59. The van der Waals surface area contributed by atoms with Gasteiger partial charge in [0.05, 0.1) is 22.9 Å². The summed E-state index contributed by atoms with van der Waals surface area (Å²) in [6.45, 7) is 1.74. The number of rotatable bonds is 3. The molecule has 1 aromatic heterocycles. The highest BCUT2D eigenvalue weighted by atomic mass is 32.1. The maximum Gasteiger partial charge on any atom is 0.337 e. The molecule has 110 valence electrons. The number of fused-ring (bicyclic) bond motifs is 1. The third-order valence-electron chi connectivity index (χ3n) is 2.60. The van der Waals surface area contributed by atoms with E-state index in [0.29, 0.717) is 17.1 Å². The van der Waals surface area contributed by atoms with Crippen molar-refractivity contribution in [3.63, 3.8) is 0 Å². The van der Waals surface area contributed by atoms with E-state index in [1.54, 1.807) is 25.1 Å². The van der Waals surface area contributed by atoms with Crippen LogP contribution >= 0.6 is 23.6 Å². The first-order chi connectivity index (χ1) is 10.0. The van der Waals surface area contributed by atoms with Gasteiger partial charge in [0.2, 0.25) is 5.91 Å². The van der Waals surface area contributed by atoms with E-state index in [2.05, 4.69) is 20.4 Å². The smallest absolute Gasteiger partial charge is 0.337 e. The van der Waals surface area contributed by atoms with Crippen LogP contribution in [0.4, 0.5) is 5.13 Å². The van der Waals surface area contributed by atoms with E-state index in [1.807, 2.05) is 0 Å². The minimum atomic E-state index is -0.398. The monoisotopic (exact) mass is 323 g/mol. The fraction of sp³-hybridized carbons (Fsp3) is 0.231. The molecule has 0 aliphatic carbocycles. The molecule has 0 saturated carbocycles. The molecule has 0 saturated heterocycles. The fourth-order valence-corrected chi connectivity index (χ4v) is 2.75. The number of nitrogens with one attached hydrogen (secondary N) is 2. The van der Waals surface area contributed by atoms with Crippen molar-refractivity contribution in [2.45, 2.75) is 13.3 Å². The van der Waals surface area contributed by atoms with Crippen molar-refractivity contribution in [3.05, 3.63) is 23.8 Å². The predicted molar refractivity (Wildman–Crippen MR) is 85.6 cm³/mol. The van der Waals surface area contributed by atoms with Crippen molar-refractivity contribution in [1.29, 1.82) is 0 Å². The summed E-state index contributed by atoms with van der Waals surface area (Å²) in [5.41, 5.74) is 1.20. The number of aromatic nitrogens is 1. The highest BCUT2D eigenvalue weighted by molar-refractivity contribution is 7.80. The van der Waals surface area contributed by atoms with Crippen LogP contribution in [-0.2, 0) is 9.53 Å². The summed E-state index contributed by atoms with van der Waals surface area (Å²) in [6, 6.07) is 5.09. The molecule has 1 amide bonds. The lowest BCUT2D eigenvalue weighted by molar-refractivity contribution is -0.119. The zero-order chi connectivity index (χ0) is 15.4. The van der Waals surface area contributed by atoms with Crippen LogP contribution in [0.1, 0.15) is 23.7 Å². The van der Waals surface area contributed by atoms with Gasteiger partial charge >= 0.3 is 5.97 Å². The van der Waals surface area contributed by atoms with Crippen molar-refractivity contribution in [3.8, 4) is 0 Å². The Morgan fingerprint density at radius 1 is 1.43 bits per heavy atom. The Bertz CT molecular complexity index is 712. The van der Waals surface area contributed by atoms with E-state index in [1.165, 1.54) is 18.4 Å². The first-order valence-electron chi connectivity index (χ1n) is 6.13. The Kier molecular flexibility index (Phi) is 4.81. The van der Waals surface area contributed by atoms with Crippen LogP contribution in [0.3, 0.4) is 0 Å². The number of hydrogen-bond acceptors (Lipinski definition) is 6. The lowest BCUT2D eigenvalue weighted by Gasteiger charge is -2.04. The molecule has 0 fully saturated rings. The number of thiazole rings is 1. The molecular formula is C13H13N3O3S2. The summed E-state index contributed by atoms with van der Waals surface area (Å²) in [6.07, 6.45) is 0.351. The summed E-state index contributed by atoms with van der Waals surface area (Å²) in [7, 11) is 1.33. The minimum absolute atomic E-state index is 0.165. The van der Waals surface area contributed by atoms with E-state index < -0.39 is 5.97 Å². The molecule has 2 N–H and O–H groups in total. The zero-order valence-electron chi connectivity index (χ0n) is 11.4. The van der Waals surface area contributed by atoms with Gasteiger partial charge in [-0.25, -0.2) is 9.78 Å². The molecule has 0 bridgehead atoms. The second-order valence-electron chi connectivity index (χ2n) is 4.05. The van der Waals surface area contributed by atoms with Gasteiger partial charge in [0.15, 0.2) is 10.2 Å². The van der Waals surface area contributed by atoms with Gasteiger partial charge in [-0.3, -0.25) is 4.79 Å². The van der Waals surface area contributed by atoms with Crippen molar-refractivity contribution in [2.24, 2.45) is 0 Å². The number of carbonyl (C=O) groups excluding carboxylic acids is 2. The number of esters is 1. The fourth-order valence-electron chi connectivity index (χ4n) is 1.57. The molecule has 21 heavy (non-hydrogen) atoms. The number of nitrogens with zero attached hydrogens (tertiary/aromatic N) is 1. The average Bonchev–Trinajstić information content (AvgIpc) is 2.86. The largest absolute Gasteiger partial charge is 0.465 e. The lowest BCUT2D eigenvalue weighted by Crippen LogP contribution is -2.33. The molecule has 0 atom stereocenters. The molecule has 8 heteroatoms. The summed E-state index contributed by atoms with van der Waals surface area (Å²) in [4.78, 5) is 27.0. The van der Waals surface area contributed by atoms with Crippen LogP contribution in [0.25, 0.3) is 10.2 Å². The standard InChI is InChI=1S/C13H13N3O3S2/c1-3-10(17)15-12(20)16-13-14-8-5-4-7(11(18)19-2)6-9(8)21-13/h4-6H,3H2,1-2H3,(H2,14,15,16,17,20). The van der Waals surface area contributed by atoms with Crippen LogP contribution in [0.2, 0.25) is 0 Å². The molecule has 0 radical (unpaired) electrons. The normalized spacial score (nSPS) is 10.2. The van der Waals surface area contributed by atoms with E-state index in [0.717, 1.165) is 10.2 Å². The van der Waals surface area contributed by atoms with Gasteiger partial charge in [-0.1, -0.05) is 18.3 Å². The van der Waals surface area contributed by atoms with Gasteiger partial charge in [0.25, 0.3) is 0 Å². The molecule has 2 aromatic rings. The highest BCUT2D eigenvalue weighted by Crippen LogP contribution is 2.27. The first kappa shape index (κ1) is 15.3. The number of amides is 1. The van der Waals surface area contributed by atoms with Crippen LogP contribution in [0, 0.1) is 0 Å². The van der Waals surface area contributed by atoms with Crippen LogP contribution in [-0.4, -0.2) is 29.1 Å². The average molecular weight is 323 g/mol. The second-order valence-corrected chi connectivity index (χ2v) is 5.49. The number of benzene rings is 1. The van der Waals surface area contributed by atoms with Gasteiger partial charge in [-0.2, -0.15) is 0 Å². The van der Waals surface area contributed by atoms with Crippen LogP contribution in [0.5, 0.6) is 0 Å². The Labute approximate surface area is 130 Å². The summed E-state index contributed by atoms with van der Waals surface area (Å²) < 4.78 is 5.50. The first-order valence-corrected chi connectivity index (χ1v) is 7.35. The SMILES string of the molecule is CCC(=O)NC(=S)Nc1nc2ccc(C(=O)OC)cc2s1. The van der Waals surface area contributed by atoms with E-state index in [-0.39, 0.29) is 11.0 Å². The molecule has 2 rings (SSSR count). The quantitative estimate of drug-likeness (QED) is 0.666. The molecule has 1 heterocycles. The van der Waals surface area contributed by atoms with E-state index >= 15 is 0 Å². The Balaban J connectivity index is 2.17. The topological polar surface area (TPSA) is 80.3 Å². The molecule has 0 spiro atoms. The summed E-state index contributed by atoms with van der Waals surface area (Å²) in [5, 5.41) is 6.14. The number of hydrogen-bond donors (Lipinski definition) is 2. The number of ether oxygens (including phenoxy) is 1. The number of methoxy groups -OCH3 is 1. The maximum atomic E-state index is 11.5. The third-order valence-corrected chi connectivity index (χ3v) is 3.74. The summed E-state index contributed by atoms with van der Waals surface area (Å²) in [5.74, 6) is -0.563. The minimum Gasteiger partial charge on any atom is -0.465 e. The number of anilines is 1. The zero-order valence-corrected chi connectivity index (χ0v) is 13.1. The number of thiocarbonyl (C=S) groups is 1. The molecule has 6 nitrogen and oxygen atoms in total. The van der Waals surface area contributed by atoms with Gasteiger partial charge in [0.1, 0.15) is 0 Å². The Morgan fingerprint density at radius 3 is 2.86 bits per heavy atom. The van der Waals surface area contributed by atoms with Crippen LogP contribution < -0.4 is 10.6 Å². The summed E-state index contributed by atoms with van der Waals surface area (Å²) >= 11 is 6.35. The molecular weight excluding hydrogens is 310 g/mol. The van der Waals surface area contributed by atoms with E-state index in [4.69, 9.17) is 12.2 Å². The van der Waals surface area contributed by atoms with E-state index in [9.17, 15) is 9.59 Å². The molecule has 0 aliphatic heterocycles. The van der Waals surface area contributed by atoms with Crippen molar-refractivity contribution in [2.75, 3.05) is 12.4 Å². The highest BCUT2D eigenvalue weighted by Gasteiger charge is 2.10. The van der Waals surface area contributed by atoms with Gasteiger partial charge in [0, 0.05) is 6.42 Å². The Morgan fingerprint density at radius 2 is 2.19 bits per heavy atom. The van der Waals surface area contributed by atoms with Crippen LogP contribution in [0.15, 0.2) is 18.2 Å². The van der Waals surface area contributed by atoms with Crippen molar-refractivity contribution < 1.29 is 14.3 Å². The van der Waals surface area contributed by atoms with Gasteiger partial charge in [-0.15, -0.1) is 0 Å². The molecule has 1 aromatic carbocycles. The lowest BCUT2D eigenvalue weighted by atomic mass is 10.2. The van der Waals surface area contributed by atoms with Crippen molar-refractivity contribution >= 4 is 55.9 Å². The predicted octanol–water partition coefficient (Wildman–Crippen LogP) is 2.31. The van der Waals surface area contributed by atoms with Gasteiger partial charge < -0.3 is 15.4 Å². The van der Waals surface area contributed by atoms with Crippen molar-refractivity contribution in [1.82, 2.24) is 10.3 Å². The number of carbonyl (C=O) groups is 2. The molecule has 0 unspecified atom stereocenters. The maximum absolute atomic E-state index is 11.5.